The van der Waals surface area contributed by atoms with Gasteiger partial charge in [-0.3, -0.25) is 24.5 Å². The van der Waals surface area contributed by atoms with Gasteiger partial charge in [0, 0.05) is 38.0 Å². The highest BCUT2D eigenvalue weighted by molar-refractivity contribution is 5.92. The second kappa shape index (κ2) is 5.86. The topological polar surface area (TPSA) is 99.7 Å². The number of H-pyrrole nitrogens is 2. The number of aromatic amines is 2. The molecule has 1 aliphatic heterocycles. The van der Waals surface area contributed by atoms with E-state index in [1.165, 1.54) is 23.6 Å². The SMILES string of the molecule is CC(C)c1n[nH]c([C@H]2CN(C(=O)c3cc(=O)n(C)[nH]3)C[C@@H]2C2CC2)n1. The first-order chi connectivity index (χ1) is 11.9. The van der Waals surface area contributed by atoms with Crippen LogP contribution < -0.4 is 5.56 Å². The number of nitrogens with one attached hydrogen (secondary N) is 2. The van der Waals surface area contributed by atoms with Crippen molar-refractivity contribution in [1.82, 2.24) is 29.9 Å². The van der Waals surface area contributed by atoms with Gasteiger partial charge in [0.1, 0.15) is 11.5 Å². The number of aryl methyl sites for hydroxylation is 1. The van der Waals surface area contributed by atoms with E-state index in [2.05, 4.69) is 34.1 Å². The molecule has 8 heteroatoms. The van der Waals surface area contributed by atoms with Gasteiger partial charge in [-0.05, 0) is 24.7 Å². The summed E-state index contributed by atoms with van der Waals surface area (Å²) >= 11 is 0. The molecule has 0 radical (unpaired) electrons. The molecule has 2 N–H and O–H groups in total. The van der Waals surface area contributed by atoms with Crippen LogP contribution in [0.4, 0.5) is 0 Å². The smallest absolute Gasteiger partial charge is 0.271 e. The molecule has 3 heterocycles. The first kappa shape index (κ1) is 16.1. The first-order valence-electron chi connectivity index (χ1n) is 8.91. The Morgan fingerprint density at radius 2 is 2.08 bits per heavy atom. The van der Waals surface area contributed by atoms with Crippen molar-refractivity contribution in [1.29, 1.82) is 0 Å². The van der Waals surface area contributed by atoms with Crippen LogP contribution in [0.1, 0.15) is 60.7 Å². The highest BCUT2D eigenvalue weighted by Crippen LogP contribution is 2.47. The quantitative estimate of drug-likeness (QED) is 0.871. The fourth-order valence-corrected chi connectivity index (χ4v) is 3.77. The summed E-state index contributed by atoms with van der Waals surface area (Å²) in [4.78, 5) is 30.9. The van der Waals surface area contributed by atoms with Gasteiger partial charge in [0.2, 0.25) is 0 Å². The fourth-order valence-electron chi connectivity index (χ4n) is 3.77. The average Bonchev–Trinajstić information content (AvgIpc) is 3.00. The summed E-state index contributed by atoms with van der Waals surface area (Å²) in [5, 5.41) is 10.3. The summed E-state index contributed by atoms with van der Waals surface area (Å²) in [5.41, 5.74) is 0.151. The number of rotatable bonds is 4. The van der Waals surface area contributed by atoms with Gasteiger partial charge < -0.3 is 4.90 Å². The van der Waals surface area contributed by atoms with Crippen LogP contribution in [-0.4, -0.2) is 48.9 Å². The normalized spacial score (nSPS) is 23.6. The van der Waals surface area contributed by atoms with Crippen LogP contribution in [0.25, 0.3) is 0 Å². The standard InChI is InChI=1S/C17H24N6O2/c1-9(2)15-18-16(20-19-15)12-8-23(7-11(12)10-4-5-10)17(25)13-6-14(24)22(3)21-13/h6,9-12,21H,4-5,7-8H2,1-3H3,(H,18,19,20)/t11-,12+/m1/s1. The van der Waals surface area contributed by atoms with Crippen molar-refractivity contribution >= 4 is 5.91 Å². The van der Waals surface area contributed by atoms with Crippen molar-refractivity contribution in [2.45, 2.75) is 38.5 Å². The molecule has 1 saturated carbocycles. The van der Waals surface area contributed by atoms with E-state index in [0.29, 0.717) is 30.6 Å². The number of likely N-dealkylation sites (tertiary alicyclic amines) is 1. The van der Waals surface area contributed by atoms with Crippen LogP contribution in [0.5, 0.6) is 0 Å². The molecule has 0 bridgehead atoms. The number of carbonyl (C=O) groups is 1. The molecular formula is C17H24N6O2. The Labute approximate surface area is 145 Å². The maximum Gasteiger partial charge on any atom is 0.271 e. The molecule has 1 aliphatic carbocycles. The summed E-state index contributed by atoms with van der Waals surface area (Å²) in [7, 11) is 1.61. The molecule has 2 atom stereocenters. The molecule has 4 rings (SSSR count). The molecule has 2 fully saturated rings. The van der Waals surface area contributed by atoms with Gasteiger partial charge >= 0.3 is 0 Å². The predicted octanol–water partition coefficient (Wildman–Crippen LogP) is 1.22. The summed E-state index contributed by atoms with van der Waals surface area (Å²) in [5.74, 6) is 3.12. The van der Waals surface area contributed by atoms with Crippen molar-refractivity contribution in [2.24, 2.45) is 18.9 Å². The third-order valence-electron chi connectivity index (χ3n) is 5.38. The van der Waals surface area contributed by atoms with E-state index in [1.54, 1.807) is 7.05 Å². The van der Waals surface area contributed by atoms with Gasteiger partial charge in [0.15, 0.2) is 5.82 Å². The van der Waals surface area contributed by atoms with E-state index < -0.39 is 0 Å². The Bertz CT molecular complexity index is 843. The molecule has 0 spiro atoms. The van der Waals surface area contributed by atoms with Gasteiger partial charge in [-0.25, -0.2) is 4.98 Å². The number of carbonyl (C=O) groups excluding carboxylic acids is 1. The molecule has 2 aromatic heterocycles. The minimum absolute atomic E-state index is 0.116. The molecular weight excluding hydrogens is 320 g/mol. The first-order valence-corrected chi connectivity index (χ1v) is 8.91. The number of hydrogen-bond acceptors (Lipinski definition) is 4. The van der Waals surface area contributed by atoms with Crippen LogP contribution in [-0.2, 0) is 7.05 Å². The maximum absolute atomic E-state index is 12.8. The van der Waals surface area contributed by atoms with Gasteiger partial charge in [-0.15, -0.1) is 0 Å². The molecule has 8 nitrogen and oxygen atoms in total. The van der Waals surface area contributed by atoms with Crippen molar-refractivity contribution in [3.05, 3.63) is 33.8 Å². The minimum Gasteiger partial charge on any atom is -0.336 e. The molecule has 134 valence electrons. The zero-order chi connectivity index (χ0) is 17.7. The van der Waals surface area contributed by atoms with Crippen LogP contribution >= 0.6 is 0 Å². The maximum atomic E-state index is 12.8. The van der Waals surface area contributed by atoms with Crippen LogP contribution in [0.3, 0.4) is 0 Å². The van der Waals surface area contributed by atoms with Crippen LogP contribution in [0, 0.1) is 11.8 Å². The van der Waals surface area contributed by atoms with Crippen molar-refractivity contribution < 1.29 is 4.79 Å². The van der Waals surface area contributed by atoms with Crippen LogP contribution in [0.15, 0.2) is 10.9 Å². The largest absolute Gasteiger partial charge is 0.336 e. The number of hydrogen-bond donors (Lipinski definition) is 2. The Kier molecular flexibility index (Phi) is 3.77. The highest BCUT2D eigenvalue weighted by Gasteiger charge is 2.46. The summed E-state index contributed by atoms with van der Waals surface area (Å²) in [6.45, 7) is 5.47. The second-order valence-corrected chi connectivity index (χ2v) is 7.62. The molecule has 0 unspecified atom stereocenters. The molecule has 25 heavy (non-hydrogen) atoms. The van der Waals surface area contributed by atoms with Crippen molar-refractivity contribution in [3.63, 3.8) is 0 Å². The van der Waals surface area contributed by atoms with Crippen LogP contribution in [0.2, 0.25) is 0 Å². The highest BCUT2D eigenvalue weighted by atomic mass is 16.2. The Morgan fingerprint density at radius 3 is 2.64 bits per heavy atom. The number of nitrogens with zero attached hydrogens (tertiary/aromatic N) is 4. The van der Waals surface area contributed by atoms with Crippen molar-refractivity contribution in [3.8, 4) is 0 Å². The average molecular weight is 344 g/mol. The van der Waals surface area contributed by atoms with E-state index in [9.17, 15) is 9.59 Å². The fraction of sp³-hybridized carbons (Fsp3) is 0.647. The van der Waals surface area contributed by atoms with Gasteiger partial charge in [-0.2, -0.15) is 5.10 Å². The van der Waals surface area contributed by atoms with Gasteiger partial charge in [0.25, 0.3) is 11.5 Å². The lowest BCUT2D eigenvalue weighted by Crippen LogP contribution is -2.29. The minimum atomic E-state index is -0.199. The van der Waals surface area contributed by atoms with Gasteiger partial charge in [-0.1, -0.05) is 13.8 Å². The lowest BCUT2D eigenvalue weighted by atomic mass is 9.91. The molecule has 1 amide bonds. The number of amides is 1. The molecule has 0 aromatic carbocycles. The molecule has 1 saturated heterocycles. The van der Waals surface area contributed by atoms with Crippen molar-refractivity contribution in [2.75, 3.05) is 13.1 Å². The number of aromatic nitrogens is 5. The monoisotopic (exact) mass is 344 g/mol. The zero-order valence-corrected chi connectivity index (χ0v) is 14.8. The van der Waals surface area contributed by atoms with Gasteiger partial charge in [0.05, 0.1) is 0 Å². The summed E-state index contributed by atoms with van der Waals surface area (Å²) < 4.78 is 1.32. The van der Waals surface area contributed by atoms with E-state index >= 15 is 0 Å². The second-order valence-electron chi connectivity index (χ2n) is 7.62. The van der Waals surface area contributed by atoms with E-state index in [1.807, 2.05) is 4.90 Å². The van der Waals surface area contributed by atoms with E-state index in [-0.39, 0.29) is 23.3 Å². The van der Waals surface area contributed by atoms with E-state index in [4.69, 9.17) is 0 Å². The Morgan fingerprint density at radius 1 is 1.32 bits per heavy atom. The lowest BCUT2D eigenvalue weighted by Gasteiger charge is -2.15. The summed E-state index contributed by atoms with van der Waals surface area (Å²) in [6, 6.07) is 1.37. The molecule has 2 aromatic rings. The van der Waals surface area contributed by atoms with E-state index in [0.717, 1.165) is 11.6 Å². The lowest BCUT2D eigenvalue weighted by molar-refractivity contribution is 0.0778. The Hall–Kier alpha value is -2.38. The third-order valence-corrected chi connectivity index (χ3v) is 5.38. The molecule has 2 aliphatic rings. The predicted molar refractivity (Wildman–Crippen MR) is 91.4 cm³/mol. The third kappa shape index (κ3) is 2.89. The summed E-state index contributed by atoms with van der Waals surface area (Å²) in [6.07, 6.45) is 2.44. The Balaban J connectivity index is 1.57. The zero-order valence-electron chi connectivity index (χ0n) is 14.8.